The number of aromatic carboxylic acids is 1. The van der Waals surface area contributed by atoms with Gasteiger partial charge in [0.1, 0.15) is 5.69 Å². The Bertz CT molecular complexity index is 1390. The first-order valence-corrected chi connectivity index (χ1v) is 10.7. The lowest BCUT2D eigenvalue weighted by atomic mass is 10.2. The lowest BCUT2D eigenvalue weighted by Gasteiger charge is -2.06. The van der Waals surface area contributed by atoms with E-state index in [4.69, 9.17) is 14.7 Å². The van der Waals surface area contributed by atoms with Crippen LogP contribution in [0, 0.1) is 0 Å². The Balaban J connectivity index is 1.66. The van der Waals surface area contributed by atoms with E-state index in [1.54, 1.807) is 24.3 Å². The summed E-state index contributed by atoms with van der Waals surface area (Å²) in [7, 11) is -3.84. The topological polar surface area (TPSA) is 158 Å². The molecule has 0 atom stereocenters. The van der Waals surface area contributed by atoms with Crippen molar-refractivity contribution in [2.45, 2.75) is 4.90 Å². The summed E-state index contributed by atoms with van der Waals surface area (Å²) in [6, 6.07) is 16.3. The fourth-order valence-corrected chi connectivity index (χ4v) is 3.47. The molecule has 0 aliphatic heterocycles. The molecule has 32 heavy (non-hydrogen) atoms. The second kappa shape index (κ2) is 8.13. The minimum Gasteiger partial charge on any atom is -0.478 e. The number of carbonyl (C=O) groups excluding carboxylic acids is 1. The standard InChI is InChI=1S/C21H16N4O6S/c22-32(29,30)16-9-5-14(6-10-16)23-20(26)17-12-18(19-2-1-11-31-19)25(24-17)15-7-3-13(4-8-15)21(27)28/h1-12H,(H,23,26)(H,27,28)(H2,22,29,30). The highest BCUT2D eigenvalue weighted by Crippen LogP contribution is 2.25. The smallest absolute Gasteiger partial charge is 0.335 e. The molecule has 0 aliphatic carbocycles. The molecular weight excluding hydrogens is 436 g/mol. The molecule has 0 unspecified atom stereocenters. The maximum Gasteiger partial charge on any atom is 0.335 e. The molecule has 2 aromatic heterocycles. The van der Waals surface area contributed by atoms with Crippen LogP contribution in [-0.2, 0) is 10.0 Å². The predicted molar refractivity (Wildman–Crippen MR) is 114 cm³/mol. The van der Waals surface area contributed by atoms with Crippen LogP contribution in [0.2, 0.25) is 0 Å². The van der Waals surface area contributed by atoms with Crippen LogP contribution < -0.4 is 10.5 Å². The second-order valence-corrected chi connectivity index (χ2v) is 8.24. The van der Waals surface area contributed by atoms with Crippen molar-refractivity contribution in [2.24, 2.45) is 5.14 Å². The number of hydrogen-bond donors (Lipinski definition) is 3. The molecule has 0 radical (unpaired) electrons. The Morgan fingerprint density at radius 2 is 1.72 bits per heavy atom. The highest BCUT2D eigenvalue weighted by Gasteiger charge is 2.19. The van der Waals surface area contributed by atoms with Gasteiger partial charge in [0.25, 0.3) is 5.91 Å². The number of benzene rings is 2. The van der Waals surface area contributed by atoms with Crippen molar-refractivity contribution in [3.63, 3.8) is 0 Å². The van der Waals surface area contributed by atoms with Gasteiger partial charge in [-0.1, -0.05) is 0 Å². The Labute approximate surface area is 182 Å². The summed E-state index contributed by atoms with van der Waals surface area (Å²) >= 11 is 0. The van der Waals surface area contributed by atoms with Gasteiger partial charge >= 0.3 is 5.97 Å². The van der Waals surface area contributed by atoms with Crippen LogP contribution in [0.3, 0.4) is 0 Å². The number of sulfonamides is 1. The number of hydrogen-bond acceptors (Lipinski definition) is 6. The summed E-state index contributed by atoms with van der Waals surface area (Å²) in [5, 5.41) is 21.2. The van der Waals surface area contributed by atoms with Crippen molar-refractivity contribution in [1.29, 1.82) is 0 Å². The first-order chi connectivity index (χ1) is 15.2. The van der Waals surface area contributed by atoms with Gasteiger partial charge in [-0.3, -0.25) is 4.79 Å². The summed E-state index contributed by atoms with van der Waals surface area (Å²) in [6.45, 7) is 0. The van der Waals surface area contributed by atoms with Gasteiger partial charge in [0, 0.05) is 11.8 Å². The molecule has 0 aliphatic rings. The summed E-state index contributed by atoms with van der Waals surface area (Å²) < 4.78 is 29.6. The van der Waals surface area contributed by atoms with Crippen molar-refractivity contribution in [3.8, 4) is 17.1 Å². The molecule has 162 valence electrons. The number of carboxylic acids is 1. The number of aromatic nitrogens is 2. The Hall–Kier alpha value is -4.22. The lowest BCUT2D eigenvalue weighted by Crippen LogP contribution is -2.14. The van der Waals surface area contributed by atoms with Crippen molar-refractivity contribution in [3.05, 3.63) is 84.3 Å². The van der Waals surface area contributed by atoms with Gasteiger partial charge in [0.15, 0.2) is 11.5 Å². The summed E-state index contributed by atoms with van der Waals surface area (Å²) in [6.07, 6.45) is 1.48. The molecule has 4 rings (SSSR count). The molecule has 1 amide bonds. The summed E-state index contributed by atoms with van der Waals surface area (Å²) in [4.78, 5) is 23.8. The average Bonchev–Trinajstić information content (AvgIpc) is 3.43. The van der Waals surface area contributed by atoms with Crippen molar-refractivity contribution >= 4 is 27.6 Å². The molecule has 0 saturated carbocycles. The molecular formula is C21H16N4O6S. The van der Waals surface area contributed by atoms with E-state index in [1.807, 2.05) is 0 Å². The van der Waals surface area contributed by atoms with Crippen LogP contribution in [0.4, 0.5) is 5.69 Å². The monoisotopic (exact) mass is 452 g/mol. The Morgan fingerprint density at radius 3 is 2.28 bits per heavy atom. The van der Waals surface area contributed by atoms with Crippen LogP contribution in [0.5, 0.6) is 0 Å². The van der Waals surface area contributed by atoms with Gasteiger partial charge in [-0.25, -0.2) is 23.0 Å². The number of amides is 1. The molecule has 4 aromatic rings. The predicted octanol–water partition coefficient (Wildman–Crippen LogP) is 2.73. The maximum atomic E-state index is 12.8. The van der Waals surface area contributed by atoms with Crippen LogP contribution in [0.15, 0.2) is 82.3 Å². The van der Waals surface area contributed by atoms with Gasteiger partial charge in [-0.15, -0.1) is 0 Å². The van der Waals surface area contributed by atoms with Crippen LogP contribution in [-0.4, -0.2) is 35.2 Å². The largest absolute Gasteiger partial charge is 0.478 e. The van der Waals surface area contributed by atoms with Gasteiger partial charge in [0.05, 0.1) is 22.4 Å². The minimum atomic E-state index is -3.84. The molecule has 10 nitrogen and oxygen atoms in total. The number of carbonyl (C=O) groups is 2. The number of nitrogens with two attached hydrogens (primary N) is 1. The SMILES string of the molecule is NS(=O)(=O)c1ccc(NC(=O)c2cc(-c3ccco3)n(-c3ccc(C(=O)O)cc3)n2)cc1. The third-order valence-corrected chi connectivity index (χ3v) is 5.44. The number of anilines is 1. The molecule has 0 fully saturated rings. The van der Waals surface area contributed by atoms with Crippen LogP contribution >= 0.6 is 0 Å². The van der Waals surface area contributed by atoms with Gasteiger partial charge < -0.3 is 14.8 Å². The average molecular weight is 452 g/mol. The van der Waals surface area contributed by atoms with E-state index >= 15 is 0 Å². The molecule has 0 bridgehead atoms. The van der Waals surface area contributed by atoms with Gasteiger partial charge in [0.2, 0.25) is 10.0 Å². The fraction of sp³-hybridized carbons (Fsp3) is 0. The van der Waals surface area contributed by atoms with Crippen molar-refractivity contribution in [2.75, 3.05) is 5.32 Å². The third kappa shape index (κ3) is 4.29. The first kappa shape index (κ1) is 21.0. The van der Waals surface area contributed by atoms with E-state index in [0.29, 0.717) is 22.8 Å². The maximum absolute atomic E-state index is 12.8. The van der Waals surface area contributed by atoms with E-state index in [-0.39, 0.29) is 16.2 Å². The fourth-order valence-electron chi connectivity index (χ4n) is 2.96. The number of nitrogens with one attached hydrogen (secondary N) is 1. The molecule has 0 saturated heterocycles. The van der Waals surface area contributed by atoms with Crippen LogP contribution in [0.1, 0.15) is 20.8 Å². The van der Waals surface area contributed by atoms with E-state index in [0.717, 1.165) is 0 Å². The van der Waals surface area contributed by atoms with Crippen molar-refractivity contribution in [1.82, 2.24) is 9.78 Å². The lowest BCUT2D eigenvalue weighted by molar-refractivity contribution is 0.0696. The number of furan rings is 1. The number of primary sulfonamides is 1. The highest BCUT2D eigenvalue weighted by atomic mass is 32.2. The number of nitrogens with zero attached hydrogens (tertiary/aromatic N) is 2. The highest BCUT2D eigenvalue weighted by molar-refractivity contribution is 7.89. The molecule has 4 N–H and O–H groups in total. The zero-order valence-electron chi connectivity index (χ0n) is 16.3. The van der Waals surface area contributed by atoms with E-state index in [2.05, 4.69) is 10.4 Å². The Kier molecular flexibility index (Phi) is 5.34. The summed E-state index contributed by atoms with van der Waals surface area (Å²) in [5.74, 6) is -1.14. The molecule has 0 spiro atoms. The van der Waals surface area contributed by atoms with Gasteiger partial charge in [-0.2, -0.15) is 5.10 Å². The van der Waals surface area contributed by atoms with Crippen LogP contribution in [0.25, 0.3) is 17.1 Å². The van der Waals surface area contributed by atoms with E-state index in [1.165, 1.54) is 53.4 Å². The normalized spacial score (nSPS) is 11.3. The van der Waals surface area contributed by atoms with E-state index in [9.17, 15) is 18.0 Å². The minimum absolute atomic E-state index is 0.0641. The number of carboxylic acid groups (broad SMARTS) is 1. The zero-order valence-corrected chi connectivity index (χ0v) is 17.1. The van der Waals surface area contributed by atoms with Gasteiger partial charge in [-0.05, 0) is 60.7 Å². The second-order valence-electron chi connectivity index (χ2n) is 6.68. The Morgan fingerprint density at radius 1 is 1.03 bits per heavy atom. The third-order valence-electron chi connectivity index (χ3n) is 4.52. The quantitative estimate of drug-likeness (QED) is 0.406. The number of rotatable bonds is 6. The molecule has 2 heterocycles. The first-order valence-electron chi connectivity index (χ1n) is 9.14. The zero-order chi connectivity index (χ0) is 22.9. The van der Waals surface area contributed by atoms with Crippen molar-refractivity contribution < 1.29 is 27.5 Å². The summed E-state index contributed by atoms with van der Waals surface area (Å²) in [5.41, 5.74) is 1.53. The molecule has 11 heteroatoms. The van der Waals surface area contributed by atoms with E-state index < -0.39 is 21.9 Å². The molecule has 2 aromatic carbocycles.